The molecule has 0 aliphatic rings. The van der Waals surface area contributed by atoms with Gasteiger partial charge in [0.05, 0.1) is 13.2 Å². The summed E-state index contributed by atoms with van der Waals surface area (Å²) in [6.07, 6.45) is 1.11. The second-order valence-corrected chi connectivity index (χ2v) is 1.82. The minimum Gasteiger partial charge on any atom is -0.500 e. The van der Waals surface area contributed by atoms with Crippen molar-refractivity contribution in [2.75, 3.05) is 13.2 Å². The molecule has 0 fully saturated rings. The average Bonchev–Trinajstić information content (AvgIpc) is 2.22. The van der Waals surface area contributed by atoms with Crippen LogP contribution in [0.25, 0.3) is 0 Å². The zero-order valence-electron chi connectivity index (χ0n) is 9.16. The van der Waals surface area contributed by atoms with Crippen molar-refractivity contribution in [2.24, 2.45) is 0 Å². The molecule has 0 unspecified atom stereocenters. The Labute approximate surface area is 85.1 Å². The molecular weight excluding hydrogens is 182 g/mol. The molecule has 0 heterocycles. The van der Waals surface area contributed by atoms with Gasteiger partial charge in [-0.05, 0) is 13.8 Å². The van der Waals surface area contributed by atoms with Crippen LogP contribution in [0.3, 0.4) is 0 Å². The van der Waals surface area contributed by atoms with Gasteiger partial charge in [-0.15, -0.1) is 0 Å². The van der Waals surface area contributed by atoms with E-state index in [2.05, 4.69) is 4.74 Å². The van der Waals surface area contributed by atoms with Crippen molar-refractivity contribution in [1.82, 2.24) is 0 Å². The molecule has 0 amide bonds. The number of ether oxygens (including phenoxy) is 2. The Hall–Kier alpha value is -1.50. The number of nitriles is 1. The zero-order valence-corrected chi connectivity index (χ0v) is 9.16. The number of hydrogen-bond donors (Lipinski definition) is 0. The summed E-state index contributed by atoms with van der Waals surface area (Å²) in [6.45, 7) is 8.11. The summed E-state index contributed by atoms with van der Waals surface area (Å²) in [7, 11) is 0. The maximum atomic E-state index is 10.9. The predicted octanol–water partition coefficient (Wildman–Crippen LogP) is 2.02. The lowest BCUT2D eigenvalue weighted by Crippen LogP contribution is -2.06. The highest BCUT2D eigenvalue weighted by Gasteiger charge is 2.09. The second kappa shape index (κ2) is 11.5. The topological polar surface area (TPSA) is 59.3 Å². The van der Waals surface area contributed by atoms with Gasteiger partial charge in [0, 0.05) is 0 Å². The van der Waals surface area contributed by atoms with Crippen LogP contribution in [0.1, 0.15) is 27.7 Å². The zero-order chi connectivity index (χ0) is 11.4. The van der Waals surface area contributed by atoms with Crippen LogP contribution in [-0.4, -0.2) is 19.2 Å². The molecule has 4 nitrogen and oxygen atoms in total. The van der Waals surface area contributed by atoms with Gasteiger partial charge in [0.15, 0.2) is 5.57 Å². The SMILES string of the molecule is CC.CCO/C=C(/C#N)C(=O)OCC. The number of esters is 1. The summed E-state index contributed by atoms with van der Waals surface area (Å²) in [5.41, 5.74) is -0.112. The Balaban J connectivity index is 0. The number of hydrogen-bond acceptors (Lipinski definition) is 4. The van der Waals surface area contributed by atoms with E-state index < -0.39 is 5.97 Å². The third-order valence-corrected chi connectivity index (χ3v) is 0.984. The van der Waals surface area contributed by atoms with Crippen molar-refractivity contribution in [1.29, 1.82) is 5.26 Å². The first-order chi connectivity index (χ1) is 6.76. The quantitative estimate of drug-likeness (QED) is 0.301. The van der Waals surface area contributed by atoms with Crippen molar-refractivity contribution in [3.63, 3.8) is 0 Å². The molecule has 0 N–H and O–H groups in total. The van der Waals surface area contributed by atoms with Crippen LogP contribution in [0.15, 0.2) is 11.8 Å². The normalized spacial score (nSPS) is 9.21. The largest absolute Gasteiger partial charge is 0.500 e. The maximum absolute atomic E-state index is 10.9. The van der Waals surface area contributed by atoms with Crippen LogP contribution in [0.2, 0.25) is 0 Å². The Kier molecular flexibility index (Phi) is 12.3. The highest BCUT2D eigenvalue weighted by atomic mass is 16.5. The minimum absolute atomic E-state index is 0.112. The van der Waals surface area contributed by atoms with Crippen molar-refractivity contribution >= 4 is 5.97 Å². The fraction of sp³-hybridized carbons (Fsp3) is 0.600. The summed E-state index contributed by atoms with van der Waals surface area (Å²) in [4.78, 5) is 10.9. The minimum atomic E-state index is -0.645. The first-order valence-electron chi connectivity index (χ1n) is 4.65. The summed E-state index contributed by atoms with van der Waals surface area (Å²) >= 11 is 0. The lowest BCUT2D eigenvalue weighted by molar-refractivity contribution is -0.138. The van der Waals surface area contributed by atoms with Crippen molar-refractivity contribution < 1.29 is 14.3 Å². The molecule has 0 bridgehead atoms. The van der Waals surface area contributed by atoms with E-state index in [1.807, 2.05) is 13.8 Å². The van der Waals surface area contributed by atoms with Crippen LogP contribution in [0.5, 0.6) is 0 Å². The molecule has 0 spiro atoms. The van der Waals surface area contributed by atoms with Crippen LogP contribution < -0.4 is 0 Å². The smallest absolute Gasteiger partial charge is 0.352 e. The Morgan fingerprint density at radius 3 is 2.29 bits per heavy atom. The number of carbonyl (C=O) groups is 1. The standard InChI is InChI=1S/C8H11NO3.C2H6/c1-3-11-6-7(5-9)8(10)12-4-2;1-2/h6H,3-4H2,1-2H3;1-2H3/b7-6-;. The Morgan fingerprint density at radius 2 is 1.93 bits per heavy atom. The van der Waals surface area contributed by atoms with Gasteiger partial charge < -0.3 is 9.47 Å². The van der Waals surface area contributed by atoms with E-state index in [0.29, 0.717) is 6.61 Å². The molecule has 4 heteroatoms. The Bertz CT molecular complexity index is 216. The van der Waals surface area contributed by atoms with Crippen molar-refractivity contribution in [2.45, 2.75) is 27.7 Å². The van der Waals surface area contributed by atoms with Gasteiger partial charge in [-0.2, -0.15) is 5.26 Å². The summed E-state index contributed by atoms with van der Waals surface area (Å²) < 4.78 is 9.35. The van der Waals surface area contributed by atoms with E-state index in [1.165, 1.54) is 0 Å². The van der Waals surface area contributed by atoms with E-state index in [4.69, 9.17) is 10.00 Å². The van der Waals surface area contributed by atoms with E-state index >= 15 is 0 Å². The van der Waals surface area contributed by atoms with E-state index in [-0.39, 0.29) is 12.2 Å². The monoisotopic (exact) mass is 199 g/mol. The molecule has 0 saturated carbocycles. The molecule has 0 radical (unpaired) electrons. The third kappa shape index (κ3) is 7.17. The highest BCUT2D eigenvalue weighted by Crippen LogP contribution is 1.96. The maximum Gasteiger partial charge on any atom is 0.352 e. The van der Waals surface area contributed by atoms with Crippen LogP contribution in [0, 0.1) is 11.3 Å². The molecule has 0 aromatic rings. The number of rotatable bonds is 4. The molecular formula is C10H17NO3. The molecule has 0 atom stereocenters. The summed E-state index contributed by atoms with van der Waals surface area (Å²) in [6, 6.07) is 1.68. The second-order valence-electron chi connectivity index (χ2n) is 1.82. The van der Waals surface area contributed by atoms with Crippen molar-refractivity contribution in [3.8, 4) is 6.07 Å². The summed E-state index contributed by atoms with van der Waals surface area (Å²) in [5.74, 6) is -0.645. The summed E-state index contributed by atoms with van der Waals surface area (Å²) in [5, 5.41) is 8.45. The molecule has 80 valence electrons. The van der Waals surface area contributed by atoms with Gasteiger partial charge in [0.1, 0.15) is 12.3 Å². The van der Waals surface area contributed by atoms with Gasteiger partial charge in [-0.3, -0.25) is 0 Å². The fourth-order valence-corrected chi connectivity index (χ4v) is 0.496. The van der Waals surface area contributed by atoms with E-state index in [1.54, 1.807) is 19.9 Å². The van der Waals surface area contributed by atoms with Gasteiger partial charge in [-0.25, -0.2) is 4.79 Å². The number of nitrogens with zero attached hydrogens (tertiary/aromatic N) is 1. The molecule has 0 aromatic heterocycles. The predicted molar refractivity (Wildman–Crippen MR) is 53.3 cm³/mol. The molecule has 0 rings (SSSR count). The Morgan fingerprint density at radius 1 is 1.36 bits per heavy atom. The molecule has 0 aromatic carbocycles. The molecule has 0 aliphatic heterocycles. The van der Waals surface area contributed by atoms with Crippen LogP contribution >= 0.6 is 0 Å². The molecule has 14 heavy (non-hydrogen) atoms. The lowest BCUT2D eigenvalue weighted by atomic mass is 10.3. The molecule has 0 aliphatic carbocycles. The van der Waals surface area contributed by atoms with E-state index in [0.717, 1.165) is 6.26 Å². The van der Waals surface area contributed by atoms with Gasteiger partial charge >= 0.3 is 5.97 Å². The number of carbonyl (C=O) groups excluding carboxylic acids is 1. The lowest BCUT2D eigenvalue weighted by Gasteiger charge is -1.99. The van der Waals surface area contributed by atoms with Gasteiger partial charge in [0.2, 0.25) is 0 Å². The van der Waals surface area contributed by atoms with Crippen LogP contribution in [-0.2, 0) is 14.3 Å². The van der Waals surface area contributed by atoms with Gasteiger partial charge in [0.25, 0.3) is 0 Å². The van der Waals surface area contributed by atoms with Gasteiger partial charge in [-0.1, -0.05) is 13.8 Å². The third-order valence-electron chi connectivity index (χ3n) is 0.984. The average molecular weight is 199 g/mol. The van der Waals surface area contributed by atoms with Crippen LogP contribution in [0.4, 0.5) is 0 Å². The fourth-order valence-electron chi connectivity index (χ4n) is 0.496. The highest BCUT2D eigenvalue weighted by molar-refractivity contribution is 5.92. The first-order valence-corrected chi connectivity index (χ1v) is 4.65. The van der Waals surface area contributed by atoms with E-state index in [9.17, 15) is 4.79 Å². The van der Waals surface area contributed by atoms with Crippen molar-refractivity contribution in [3.05, 3.63) is 11.8 Å². The molecule has 0 saturated heterocycles. The first kappa shape index (κ1) is 15.0.